The highest BCUT2D eigenvalue weighted by Crippen LogP contribution is 2.21. The van der Waals surface area contributed by atoms with Gasteiger partial charge in [0.1, 0.15) is 22.5 Å². The van der Waals surface area contributed by atoms with Crippen LogP contribution < -0.4 is 0 Å². The maximum Gasteiger partial charge on any atom is 0.281 e. The first-order valence-corrected chi connectivity index (χ1v) is 7.27. The smallest absolute Gasteiger partial charge is 0.234 e. The SMILES string of the molecule is CC(C)(C)S(=O)N=C(c1cc(Br)ccc1F)C(F)F. The van der Waals surface area contributed by atoms with Gasteiger partial charge in [0.2, 0.25) is 0 Å². The van der Waals surface area contributed by atoms with E-state index in [0.29, 0.717) is 4.47 Å². The molecule has 0 aliphatic carbocycles. The molecule has 1 rings (SSSR count). The monoisotopic (exact) mass is 355 g/mol. The third-order valence-corrected chi connectivity index (χ3v) is 4.02. The molecule has 0 N–H and O–H groups in total. The van der Waals surface area contributed by atoms with Gasteiger partial charge in [0.25, 0.3) is 6.43 Å². The molecule has 19 heavy (non-hydrogen) atoms. The van der Waals surface area contributed by atoms with E-state index in [1.54, 1.807) is 20.8 Å². The van der Waals surface area contributed by atoms with Gasteiger partial charge in [0.05, 0.1) is 4.75 Å². The van der Waals surface area contributed by atoms with Crippen molar-refractivity contribution < 1.29 is 17.4 Å². The van der Waals surface area contributed by atoms with Gasteiger partial charge in [0.15, 0.2) is 0 Å². The second-order valence-electron chi connectivity index (χ2n) is 4.76. The Bertz CT molecular complexity index is 526. The van der Waals surface area contributed by atoms with E-state index in [4.69, 9.17) is 0 Å². The minimum Gasteiger partial charge on any atom is -0.234 e. The number of hydrogen-bond donors (Lipinski definition) is 0. The molecule has 0 fully saturated rings. The van der Waals surface area contributed by atoms with Crippen LogP contribution in [0.1, 0.15) is 26.3 Å². The zero-order valence-electron chi connectivity index (χ0n) is 10.6. The fraction of sp³-hybridized carbons (Fsp3) is 0.417. The summed E-state index contributed by atoms with van der Waals surface area (Å²) in [4.78, 5) is 0. The van der Waals surface area contributed by atoms with E-state index in [1.165, 1.54) is 12.1 Å². The summed E-state index contributed by atoms with van der Waals surface area (Å²) in [5.41, 5.74) is -1.14. The average Bonchev–Trinajstić information content (AvgIpc) is 2.27. The molecule has 7 heteroatoms. The number of nitrogens with zero attached hydrogens (tertiary/aromatic N) is 1. The number of hydrogen-bond acceptors (Lipinski definition) is 1. The summed E-state index contributed by atoms with van der Waals surface area (Å²) in [6.07, 6.45) is -3.00. The second kappa shape index (κ2) is 6.17. The summed E-state index contributed by atoms with van der Waals surface area (Å²) in [6.45, 7) is 4.81. The van der Waals surface area contributed by atoms with Crippen LogP contribution in [0.4, 0.5) is 13.2 Å². The molecule has 0 aliphatic heterocycles. The van der Waals surface area contributed by atoms with Crippen molar-refractivity contribution in [3.8, 4) is 0 Å². The molecule has 0 amide bonds. The summed E-state index contributed by atoms with van der Waals surface area (Å²) >= 11 is 3.08. The minimum absolute atomic E-state index is 0.345. The zero-order chi connectivity index (χ0) is 14.8. The first-order chi connectivity index (χ1) is 8.62. The van der Waals surface area contributed by atoms with Crippen LogP contribution >= 0.6 is 15.9 Å². The van der Waals surface area contributed by atoms with Crippen molar-refractivity contribution in [2.45, 2.75) is 31.9 Å². The Morgan fingerprint density at radius 3 is 2.42 bits per heavy atom. The van der Waals surface area contributed by atoms with Crippen LogP contribution in [0.2, 0.25) is 0 Å². The van der Waals surface area contributed by atoms with Crippen LogP contribution in [-0.4, -0.2) is 21.1 Å². The first-order valence-electron chi connectivity index (χ1n) is 5.37. The lowest BCUT2D eigenvalue weighted by Crippen LogP contribution is -2.23. The van der Waals surface area contributed by atoms with E-state index in [2.05, 4.69) is 20.3 Å². The highest BCUT2D eigenvalue weighted by Gasteiger charge is 2.25. The Balaban J connectivity index is 3.33. The number of alkyl halides is 2. The van der Waals surface area contributed by atoms with Gasteiger partial charge in [-0.05, 0) is 39.0 Å². The highest BCUT2D eigenvalue weighted by molar-refractivity contribution is 9.10. The summed E-state index contributed by atoms with van der Waals surface area (Å²) in [6, 6.07) is 3.64. The van der Waals surface area contributed by atoms with Gasteiger partial charge in [0, 0.05) is 10.0 Å². The van der Waals surface area contributed by atoms with Crippen molar-refractivity contribution in [2.75, 3.05) is 0 Å². The summed E-state index contributed by atoms with van der Waals surface area (Å²) in [5.74, 6) is -0.826. The summed E-state index contributed by atoms with van der Waals surface area (Å²) in [7, 11) is -1.88. The van der Waals surface area contributed by atoms with E-state index >= 15 is 0 Å². The molecule has 1 unspecified atom stereocenters. The Hall–Kier alpha value is -0.690. The minimum atomic E-state index is -3.00. The standard InChI is InChI=1S/C12H13BrF3NOS/c1-12(2,3)19(18)17-10(11(15)16)8-6-7(13)4-5-9(8)14/h4-6,11H,1-3H3. The molecule has 0 aliphatic rings. The zero-order valence-corrected chi connectivity index (χ0v) is 13.0. The molecule has 0 radical (unpaired) electrons. The lowest BCUT2D eigenvalue weighted by Gasteiger charge is -2.15. The number of halogens is 4. The predicted molar refractivity (Wildman–Crippen MR) is 74.5 cm³/mol. The lowest BCUT2D eigenvalue weighted by atomic mass is 10.1. The summed E-state index contributed by atoms with van der Waals surface area (Å²) in [5, 5.41) is 0. The van der Waals surface area contributed by atoms with E-state index in [0.717, 1.165) is 6.07 Å². The van der Waals surface area contributed by atoms with Crippen LogP contribution in [0.5, 0.6) is 0 Å². The highest BCUT2D eigenvalue weighted by atomic mass is 79.9. The fourth-order valence-electron chi connectivity index (χ4n) is 1.13. The fourth-order valence-corrected chi connectivity index (χ4v) is 2.12. The van der Waals surface area contributed by atoms with Crippen molar-refractivity contribution in [2.24, 2.45) is 4.40 Å². The molecule has 0 bridgehead atoms. The second-order valence-corrected chi connectivity index (χ2v) is 7.58. The topological polar surface area (TPSA) is 29.4 Å². The molecular formula is C12H13BrF3NOS. The molecule has 106 valence electrons. The van der Waals surface area contributed by atoms with Crippen LogP contribution in [0.3, 0.4) is 0 Å². The third-order valence-electron chi connectivity index (χ3n) is 2.12. The van der Waals surface area contributed by atoms with Crippen molar-refractivity contribution in [3.05, 3.63) is 34.1 Å². The van der Waals surface area contributed by atoms with Gasteiger partial charge in [-0.3, -0.25) is 0 Å². The molecule has 1 aromatic rings. The Labute approximate surface area is 120 Å². The van der Waals surface area contributed by atoms with Crippen LogP contribution in [-0.2, 0) is 11.0 Å². The van der Waals surface area contributed by atoms with Gasteiger partial charge >= 0.3 is 0 Å². The molecule has 1 aromatic carbocycles. The first kappa shape index (κ1) is 16.4. The Morgan fingerprint density at radius 2 is 1.95 bits per heavy atom. The molecule has 0 saturated heterocycles. The third kappa shape index (κ3) is 4.42. The molecular weight excluding hydrogens is 343 g/mol. The molecule has 2 nitrogen and oxygen atoms in total. The van der Waals surface area contributed by atoms with Crippen LogP contribution in [0.25, 0.3) is 0 Å². The molecule has 0 aromatic heterocycles. The van der Waals surface area contributed by atoms with Crippen LogP contribution in [0, 0.1) is 5.82 Å². The van der Waals surface area contributed by atoms with E-state index in [9.17, 15) is 17.4 Å². The van der Waals surface area contributed by atoms with Crippen molar-refractivity contribution in [1.29, 1.82) is 0 Å². The van der Waals surface area contributed by atoms with Crippen molar-refractivity contribution in [3.63, 3.8) is 0 Å². The van der Waals surface area contributed by atoms with E-state index < -0.39 is 33.7 Å². The largest absolute Gasteiger partial charge is 0.281 e. The van der Waals surface area contributed by atoms with E-state index in [-0.39, 0.29) is 5.56 Å². The summed E-state index contributed by atoms with van der Waals surface area (Å²) < 4.78 is 54.5. The van der Waals surface area contributed by atoms with Gasteiger partial charge in [-0.2, -0.15) is 4.40 Å². The maximum atomic E-state index is 13.6. The average molecular weight is 356 g/mol. The molecule has 1 atom stereocenters. The van der Waals surface area contributed by atoms with Gasteiger partial charge < -0.3 is 0 Å². The molecule has 0 saturated carbocycles. The van der Waals surface area contributed by atoms with E-state index in [1.807, 2.05) is 0 Å². The molecule has 0 spiro atoms. The lowest BCUT2D eigenvalue weighted by molar-refractivity contribution is 0.226. The van der Waals surface area contributed by atoms with Gasteiger partial charge in [-0.15, -0.1) is 0 Å². The van der Waals surface area contributed by atoms with Crippen molar-refractivity contribution >= 4 is 32.6 Å². The quantitative estimate of drug-likeness (QED) is 0.750. The van der Waals surface area contributed by atoms with Gasteiger partial charge in [-0.1, -0.05) is 15.9 Å². The number of rotatable bonds is 3. The predicted octanol–water partition coefficient (Wildman–Crippen LogP) is 4.10. The van der Waals surface area contributed by atoms with Crippen LogP contribution in [0.15, 0.2) is 27.1 Å². The Kier molecular flexibility index (Phi) is 5.32. The normalized spacial score (nSPS) is 14.8. The number of benzene rings is 1. The van der Waals surface area contributed by atoms with Gasteiger partial charge in [-0.25, -0.2) is 17.4 Å². The van der Waals surface area contributed by atoms with Crippen molar-refractivity contribution in [1.82, 2.24) is 0 Å². The molecule has 0 heterocycles. The Morgan fingerprint density at radius 1 is 1.37 bits per heavy atom. The maximum absolute atomic E-state index is 13.6.